The highest BCUT2D eigenvalue weighted by molar-refractivity contribution is 5.61. The van der Waals surface area contributed by atoms with E-state index in [4.69, 9.17) is 9.47 Å². The lowest BCUT2D eigenvalue weighted by atomic mass is 10.0. The molecule has 0 amide bonds. The van der Waals surface area contributed by atoms with Crippen LogP contribution in [0.3, 0.4) is 0 Å². The van der Waals surface area contributed by atoms with Gasteiger partial charge in [-0.1, -0.05) is 38.1 Å². The molecule has 6 heteroatoms. The van der Waals surface area contributed by atoms with E-state index in [1.165, 1.54) is 5.56 Å². The molecule has 0 saturated heterocycles. The molecular weight excluding hydrogens is 340 g/mol. The average Bonchev–Trinajstić information content (AvgIpc) is 3.15. The quantitative estimate of drug-likeness (QED) is 0.663. The third kappa shape index (κ3) is 3.95. The van der Waals surface area contributed by atoms with Gasteiger partial charge in [0.05, 0.1) is 0 Å². The largest absolute Gasteiger partial charge is 0.454 e. The SMILES string of the molecule is CC(C)c1ccccc1Nc1ccnc(NCc2ccc3c(c2)OCO3)n1. The summed E-state index contributed by atoms with van der Waals surface area (Å²) < 4.78 is 10.8. The summed E-state index contributed by atoms with van der Waals surface area (Å²) in [5.74, 6) is 3.31. The molecular formula is C21H22N4O2. The minimum atomic E-state index is 0.279. The second kappa shape index (κ2) is 7.53. The summed E-state index contributed by atoms with van der Waals surface area (Å²) in [5, 5.41) is 6.66. The van der Waals surface area contributed by atoms with E-state index in [0.29, 0.717) is 18.4 Å². The van der Waals surface area contributed by atoms with Crippen LogP contribution < -0.4 is 20.1 Å². The van der Waals surface area contributed by atoms with Crippen LogP contribution in [0.4, 0.5) is 17.5 Å². The lowest BCUT2D eigenvalue weighted by Gasteiger charge is -2.14. The van der Waals surface area contributed by atoms with Gasteiger partial charge in [0.1, 0.15) is 5.82 Å². The molecule has 3 aromatic rings. The molecule has 0 spiro atoms. The van der Waals surface area contributed by atoms with Gasteiger partial charge in [-0.2, -0.15) is 4.98 Å². The molecule has 2 heterocycles. The number of fused-ring (bicyclic) bond motifs is 1. The third-order valence-electron chi connectivity index (χ3n) is 4.39. The second-order valence-electron chi connectivity index (χ2n) is 6.67. The molecule has 0 fully saturated rings. The van der Waals surface area contributed by atoms with E-state index in [1.54, 1.807) is 6.20 Å². The van der Waals surface area contributed by atoms with Gasteiger partial charge in [-0.15, -0.1) is 0 Å². The molecule has 0 saturated carbocycles. The first-order valence-electron chi connectivity index (χ1n) is 9.00. The zero-order chi connectivity index (χ0) is 18.6. The maximum absolute atomic E-state index is 5.42. The highest BCUT2D eigenvalue weighted by Gasteiger charge is 2.13. The zero-order valence-electron chi connectivity index (χ0n) is 15.4. The summed E-state index contributed by atoms with van der Waals surface area (Å²) >= 11 is 0. The Balaban J connectivity index is 1.45. The van der Waals surface area contributed by atoms with Crippen molar-refractivity contribution in [1.82, 2.24) is 9.97 Å². The van der Waals surface area contributed by atoms with Crippen molar-refractivity contribution in [3.8, 4) is 11.5 Å². The van der Waals surface area contributed by atoms with Crippen molar-refractivity contribution >= 4 is 17.5 Å². The lowest BCUT2D eigenvalue weighted by molar-refractivity contribution is 0.174. The molecule has 138 valence electrons. The smallest absolute Gasteiger partial charge is 0.231 e. The number of nitrogens with one attached hydrogen (secondary N) is 2. The van der Waals surface area contributed by atoms with Crippen LogP contribution in [-0.4, -0.2) is 16.8 Å². The fourth-order valence-corrected chi connectivity index (χ4v) is 3.00. The minimum Gasteiger partial charge on any atom is -0.454 e. The molecule has 0 radical (unpaired) electrons. The number of rotatable bonds is 6. The van der Waals surface area contributed by atoms with Crippen LogP contribution in [-0.2, 0) is 6.54 Å². The van der Waals surface area contributed by atoms with Gasteiger partial charge in [0.2, 0.25) is 12.7 Å². The first-order chi connectivity index (χ1) is 13.2. The van der Waals surface area contributed by atoms with Crippen molar-refractivity contribution in [2.45, 2.75) is 26.3 Å². The normalized spacial score (nSPS) is 12.3. The average molecular weight is 362 g/mol. The van der Waals surface area contributed by atoms with Gasteiger partial charge in [-0.25, -0.2) is 4.98 Å². The van der Waals surface area contributed by atoms with Crippen LogP contribution in [0.15, 0.2) is 54.7 Å². The van der Waals surface area contributed by atoms with Crippen molar-refractivity contribution in [3.63, 3.8) is 0 Å². The predicted octanol–water partition coefficient (Wildman–Crippen LogP) is 4.68. The summed E-state index contributed by atoms with van der Waals surface area (Å²) in [4.78, 5) is 8.87. The number of anilines is 3. The molecule has 1 aromatic heterocycles. The molecule has 0 bridgehead atoms. The summed E-state index contributed by atoms with van der Waals surface area (Å²) in [6.45, 7) is 5.24. The Bertz CT molecular complexity index is 943. The highest BCUT2D eigenvalue weighted by atomic mass is 16.7. The molecule has 2 N–H and O–H groups in total. The van der Waals surface area contributed by atoms with Crippen LogP contribution >= 0.6 is 0 Å². The molecule has 0 unspecified atom stereocenters. The highest BCUT2D eigenvalue weighted by Crippen LogP contribution is 2.32. The van der Waals surface area contributed by atoms with Crippen LogP contribution in [0.25, 0.3) is 0 Å². The Labute approximate surface area is 158 Å². The van der Waals surface area contributed by atoms with Crippen molar-refractivity contribution in [1.29, 1.82) is 0 Å². The Kier molecular flexibility index (Phi) is 4.78. The standard InChI is InChI=1S/C21H22N4O2/c1-14(2)16-5-3-4-6-17(16)24-20-9-10-22-21(25-20)23-12-15-7-8-18-19(11-15)27-13-26-18/h3-11,14H,12-13H2,1-2H3,(H2,22,23,24,25). The number of para-hydroxylation sites is 1. The van der Waals surface area contributed by atoms with Gasteiger partial charge < -0.3 is 20.1 Å². The van der Waals surface area contributed by atoms with Gasteiger partial charge in [0.15, 0.2) is 11.5 Å². The summed E-state index contributed by atoms with van der Waals surface area (Å²) in [5.41, 5.74) is 3.39. The lowest BCUT2D eigenvalue weighted by Crippen LogP contribution is -2.05. The van der Waals surface area contributed by atoms with Crippen molar-refractivity contribution in [2.24, 2.45) is 0 Å². The molecule has 6 nitrogen and oxygen atoms in total. The van der Waals surface area contributed by atoms with E-state index in [-0.39, 0.29) is 6.79 Å². The Morgan fingerprint density at radius 2 is 1.89 bits per heavy atom. The monoisotopic (exact) mass is 362 g/mol. The van der Waals surface area contributed by atoms with Gasteiger partial charge in [0, 0.05) is 18.4 Å². The van der Waals surface area contributed by atoms with E-state index in [0.717, 1.165) is 28.6 Å². The van der Waals surface area contributed by atoms with E-state index in [1.807, 2.05) is 30.3 Å². The second-order valence-corrected chi connectivity index (χ2v) is 6.67. The summed E-state index contributed by atoms with van der Waals surface area (Å²) in [6.07, 6.45) is 1.75. The maximum Gasteiger partial charge on any atom is 0.231 e. The molecule has 0 atom stereocenters. The van der Waals surface area contributed by atoms with Crippen molar-refractivity contribution < 1.29 is 9.47 Å². The van der Waals surface area contributed by atoms with Gasteiger partial charge in [-0.05, 0) is 41.3 Å². The van der Waals surface area contributed by atoms with Gasteiger partial charge in [0.25, 0.3) is 0 Å². The molecule has 1 aliphatic rings. The predicted molar refractivity (Wildman–Crippen MR) is 106 cm³/mol. The number of benzene rings is 2. The Morgan fingerprint density at radius 3 is 2.78 bits per heavy atom. The summed E-state index contributed by atoms with van der Waals surface area (Å²) in [6, 6.07) is 16.0. The first kappa shape index (κ1) is 17.1. The van der Waals surface area contributed by atoms with Crippen LogP contribution in [0.2, 0.25) is 0 Å². The van der Waals surface area contributed by atoms with Gasteiger partial charge in [-0.3, -0.25) is 0 Å². The fraction of sp³-hybridized carbons (Fsp3) is 0.238. The van der Waals surface area contributed by atoms with Crippen LogP contribution in [0, 0.1) is 0 Å². The van der Waals surface area contributed by atoms with E-state index in [2.05, 4.69) is 52.6 Å². The number of nitrogens with zero attached hydrogens (tertiary/aromatic N) is 2. The summed E-state index contributed by atoms with van der Waals surface area (Å²) in [7, 11) is 0. The van der Waals surface area contributed by atoms with Crippen molar-refractivity contribution in [3.05, 3.63) is 65.9 Å². The zero-order valence-corrected chi connectivity index (χ0v) is 15.4. The fourth-order valence-electron chi connectivity index (χ4n) is 3.00. The van der Waals surface area contributed by atoms with E-state index < -0.39 is 0 Å². The Hall–Kier alpha value is -3.28. The third-order valence-corrected chi connectivity index (χ3v) is 4.39. The molecule has 0 aliphatic carbocycles. The van der Waals surface area contributed by atoms with Crippen LogP contribution in [0.5, 0.6) is 11.5 Å². The number of hydrogen-bond donors (Lipinski definition) is 2. The minimum absolute atomic E-state index is 0.279. The van der Waals surface area contributed by atoms with Crippen molar-refractivity contribution in [2.75, 3.05) is 17.4 Å². The molecule has 27 heavy (non-hydrogen) atoms. The van der Waals surface area contributed by atoms with Crippen LogP contribution in [0.1, 0.15) is 30.9 Å². The first-order valence-corrected chi connectivity index (χ1v) is 9.00. The topological polar surface area (TPSA) is 68.3 Å². The number of aromatic nitrogens is 2. The Morgan fingerprint density at radius 1 is 1.04 bits per heavy atom. The van der Waals surface area contributed by atoms with E-state index >= 15 is 0 Å². The molecule has 4 rings (SSSR count). The van der Waals surface area contributed by atoms with Gasteiger partial charge >= 0.3 is 0 Å². The molecule has 2 aromatic carbocycles. The van der Waals surface area contributed by atoms with E-state index in [9.17, 15) is 0 Å². The maximum atomic E-state index is 5.42. The number of hydrogen-bond acceptors (Lipinski definition) is 6. The molecule has 1 aliphatic heterocycles. The number of ether oxygens (including phenoxy) is 2.